The number of hydrogen-bond acceptors (Lipinski definition) is 4. The number of nitrogens with one attached hydrogen (secondary N) is 1. The number of nitrogens with two attached hydrogens (primary N) is 1. The van der Waals surface area contributed by atoms with E-state index >= 15 is 0 Å². The van der Waals surface area contributed by atoms with Gasteiger partial charge in [-0.15, -0.1) is 0 Å². The maximum absolute atomic E-state index is 13.1. The Morgan fingerprint density at radius 2 is 1.86 bits per heavy atom. The molecule has 2 heterocycles. The Morgan fingerprint density at radius 1 is 1.14 bits per heavy atom. The van der Waals surface area contributed by atoms with Gasteiger partial charge in [-0.2, -0.15) is 13.2 Å². The maximum Gasteiger partial charge on any atom is 0.416 e. The van der Waals surface area contributed by atoms with Crippen LogP contribution in [0.4, 0.5) is 13.2 Å². The van der Waals surface area contributed by atoms with Gasteiger partial charge in [-0.25, -0.2) is 5.43 Å². The van der Waals surface area contributed by atoms with Gasteiger partial charge in [0, 0.05) is 29.3 Å². The second-order valence-electron chi connectivity index (χ2n) is 4.69. The second-order valence-corrected chi connectivity index (χ2v) is 4.69. The summed E-state index contributed by atoms with van der Waals surface area (Å²) in [6.07, 6.45) is -2.19. The fourth-order valence-electron chi connectivity index (χ4n) is 2.24. The summed E-state index contributed by atoms with van der Waals surface area (Å²) < 4.78 is 39.3. The van der Waals surface area contributed by atoms with Crippen LogP contribution in [0, 0.1) is 13.8 Å². The lowest BCUT2D eigenvalue weighted by Gasteiger charge is -2.22. The van der Waals surface area contributed by atoms with E-state index in [2.05, 4.69) is 15.4 Å². The number of halogens is 3. The topological polar surface area (TPSA) is 63.8 Å². The van der Waals surface area contributed by atoms with Gasteiger partial charge in [0.2, 0.25) is 0 Å². The Balaban J connectivity index is 2.57. The van der Waals surface area contributed by atoms with Crippen LogP contribution in [-0.2, 0) is 6.18 Å². The van der Waals surface area contributed by atoms with Crippen molar-refractivity contribution in [1.82, 2.24) is 15.4 Å². The fraction of sp³-hybridized carbons (Fsp3) is 0.286. The molecule has 0 radical (unpaired) electrons. The largest absolute Gasteiger partial charge is 0.416 e. The van der Waals surface area contributed by atoms with Crippen LogP contribution in [0.5, 0.6) is 0 Å². The molecule has 2 rings (SSSR count). The lowest BCUT2D eigenvalue weighted by molar-refractivity contribution is -0.138. The highest BCUT2D eigenvalue weighted by Crippen LogP contribution is 2.36. The summed E-state index contributed by atoms with van der Waals surface area (Å²) in [7, 11) is 0. The smallest absolute Gasteiger partial charge is 0.271 e. The number of hydrazine groups is 1. The van der Waals surface area contributed by atoms with E-state index in [1.165, 1.54) is 6.20 Å². The predicted octanol–water partition coefficient (Wildman–Crippen LogP) is 2.66. The SMILES string of the molecule is Cc1ccc(C(NN)c2cnccc2C(F)(F)F)c(C)n1. The van der Waals surface area contributed by atoms with Gasteiger partial charge in [-0.1, -0.05) is 6.07 Å². The molecule has 21 heavy (non-hydrogen) atoms. The molecule has 2 aromatic heterocycles. The van der Waals surface area contributed by atoms with Crippen LogP contribution >= 0.6 is 0 Å². The number of pyridine rings is 2. The van der Waals surface area contributed by atoms with Crippen molar-refractivity contribution < 1.29 is 13.2 Å². The molecule has 1 unspecified atom stereocenters. The van der Waals surface area contributed by atoms with Gasteiger partial charge in [0.15, 0.2) is 0 Å². The molecule has 0 aliphatic carbocycles. The van der Waals surface area contributed by atoms with Crippen molar-refractivity contribution in [1.29, 1.82) is 0 Å². The van der Waals surface area contributed by atoms with Crippen molar-refractivity contribution in [2.75, 3.05) is 0 Å². The fourth-order valence-corrected chi connectivity index (χ4v) is 2.24. The average molecular weight is 296 g/mol. The first-order valence-corrected chi connectivity index (χ1v) is 6.26. The van der Waals surface area contributed by atoms with Gasteiger partial charge in [-0.05, 0) is 31.5 Å². The molecule has 112 valence electrons. The third-order valence-electron chi connectivity index (χ3n) is 3.21. The van der Waals surface area contributed by atoms with Gasteiger partial charge in [0.25, 0.3) is 0 Å². The number of nitrogens with zero attached hydrogens (tertiary/aromatic N) is 2. The molecule has 0 spiro atoms. The van der Waals surface area contributed by atoms with E-state index in [1.54, 1.807) is 19.1 Å². The number of alkyl halides is 3. The lowest BCUT2D eigenvalue weighted by Crippen LogP contribution is -2.31. The molecule has 0 saturated carbocycles. The predicted molar refractivity (Wildman–Crippen MR) is 72.1 cm³/mol. The second kappa shape index (κ2) is 5.79. The third-order valence-corrected chi connectivity index (χ3v) is 3.21. The molecule has 0 fully saturated rings. The van der Waals surface area contributed by atoms with Crippen LogP contribution in [0.1, 0.15) is 34.1 Å². The zero-order valence-electron chi connectivity index (χ0n) is 11.6. The van der Waals surface area contributed by atoms with Crippen molar-refractivity contribution in [3.05, 3.63) is 58.7 Å². The Bertz CT molecular complexity index is 640. The standard InChI is InChI=1S/C14H15F3N4/c1-8-3-4-10(9(2)20-8)13(21-18)11-7-19-6-5-12(11)14(15,16)17/h3-7,13,21H,18H2,1-2H3. The van der Waals surface area contributed by atoms with E-state index < -0.39 is 17.8 Å². The number of aryl methyl sites for hydroxylation is 2. The molecule has 0 aliphatic heterocycles. The molecule has 0 amide bonds. The number of aromatic nitrogens is 2. The Hall–Kier alpha value is -1.99. The number of rotatable bonds is 3. The molecule has 1 atom stereocenters. The summed E-state index contributed by atoms with van der Waals surface area (Å²) >= 11 is 0. The van der Waals surface area contributed by atoms with Crippen molar-refractivity contribution in [2.24, 2.45) is 5.84 Å². The van der Waals surface area contributed by atoms with Gasteiger partial charge < -0.3 is 0 Å². The summed E-state index contributed by atoms with van der Waals surface area (Å²) in [5, 5.41) is 0. The van der Waals surface area contributed by atoms with Crippen molar-refractivity contribution in [3.8, 4) is 0 Å². The Labute approximate surface area is 120 Å². The van der Waals surface area contributed by atoms with Gasteiger partial charge in [0.1, 0.15) is 0 Å². The minimum absolute atomic E-state index is 0.0266. The van der Waals surface area contributed by atoms with Crippen molar-refractivity contribution >= 4 is 0 Å². The van der Waals surface area contributed by atoms with Crippen LogP contribution in [0.15, 0.2) is 30.6 Å². The minimum atomic E-state index is -4.47. The number of hydrogen-bond donors (Lipinski definition) is 2. The molecule has 0 aromatic carbocycles. The summed E-state index contributed by atoms with van der Waals surface area (Å²) in [5.41, 5.74) is 3.63. The van der Waals surface area contributed by atoms with E-state index in [9.17, 15) is 13.2 Å². The monoisotopic (exact) mass is 296 g/mol. The Kier molecular flexibility index (Phi) is 4.24. The van der Waals surface area contributed by atoms with E-state index in [-0.39, 0.29) is 5.56 Å². The van der Waals surface area contributed by atoms with Crippen LogP contribution < -0.4 is 11.3 Å². The molecule has 0 aliphatic rings. The molecular formula is C14H15F3N4. The molecule has 4 nitrogen and oxygen atoms in total. The summed E-state index contributed by atoms with van der Waals surface area (Å²) in [5.74, 6) is 5.48. The van der Waals surface area contributed by atoms with E-state index in [1.807, 2.05) is 6.92 Å². The summed E-state index contributed by atoms with van der Waals surface area (Å²) in [6, 6.07) is 3.56. The van der Waals surface area contributed by atoms with Gasteiger partial charge >= 0.3 is 6.18 Å². The normalized spacial score (nSPS) is 13.2. The lowest BCUT2D eigenvalue weighted by atomic mass is 9.95. The minimum Gasteiger partial charge on any atom is -0.271 e. The molecular weight excluding hydrogens is 281 g/mol. The highest BCUT2D eigenvalue weighted by molar-refractivity contribution is 5.38. The van der Waals surface area contributed by atoms with Crippen LogP contribution in [0.25, 0.3) is 0 Å². The first kappa shape index (κ1) is 15.4. The first-order valence-electron chi connectivity index (χ1n) is 6.26. The maximum atomic E-state index is 13.1. The van der Waals surface area contributed by atoms with E-state index in [0.717, 1.165) is 18.0 Å². The van der Waals surface area contributed by atoms with Crippen molar-refractivity contribution in [3.63, 3.8) is 0 Å². The molecule has 7 heteroatoms. The van der Waals surface area contributed by atoms with Crippen molar-refractivity contribution in [2.45, 2.75) is 26.1 Å². The first-order chi connectivity index (χ1) is 9.84. The zero-order valence-corrected chi connectivity index (χ0v) is 11.6. The molecule has 2 aromatic rings. The zero-order chi connectivity index (χ0) is 15.6. The molecule has 0 bridgehead atoms. The summed E-state index contributed by atoms with van der Waals surface area (Å²) in [6.45, 7) is 3.54. The highest BCUT2D eigenvalue weighted by Gasteiger charge is 2.35. The molecule has 0 saturated heterocycles. The van der Waals surface area contributed by atoms with Gasteiger partial charge in [-0.3, -0.25) is 15.8 Å². The van der Waals surface area contributed by atoms with Crippen LogP contribution in [-0.4, -0.2) is 9.97 Å². The van der Waals surface area contributed by atoms with Crippen LogP contribution in [0.2, 0.25) is 0 Å². The molecule has 3 N–H and O–H groups in total. The van der Waals surface area contributed by atoms with E-state index in [4.69, 9.17) is 5.84 Å². The quantitative estimate of drug-likeness (QED) is 0.675. The van der Waals surface area contributed by atoms with Gasteiger partial charge in [0.05, 0.1) is 11.6 Å². The van der Waals surface area contributed by atoms with Crippen LogP contribution in [0.3, 0.4) is 0 Å². The Morgan fingerprint density at radius 3 is 2.43 bits per heavy atom. The third kappa shape index (κ3) is 3.20. The average Bonchev–Trinajstić information content (AvgIpc) is 2.41. The van der Waals surface area contributed by atoms with E-state index in [0.29, 0.717) is 11.3 Å². The highest BCUT2D eigenvalue weighted by atomic mass is 19.4. The summed E-state index contributed by atoms with van der Waals surface area (Å²) in [4.78, 5) is 8.05.